The molecule has 1 fully saturated rings. The van der Waals surface area contributed by atoms with Gasteiger partial charge in [-0.15, -0.1) is 0 Å². The number of piperidine rings is 1. The highest BCUT2D eigenvalue weighted by Gasteiger charge is 2.32. The molecule has 0 amide bonds. The van der Waals surface area contributed by atoms with Crippen LogP contribution in [0.15, 0.2) is 23.1 Å². The number of rotatable bonds is 5. The predicted octanol–water partition coefficient (Wildman–Crippen LogP) is 1.66. The maximum absolute atomic E-state index is 12.7. The highest BCUT2D eigenvalue weighted by molar-refractivity contribution is 7.89. The number of nitrogens with zero attached hydrogens (tertiary/aromatic N) is 1. The van der Waals surface area contributed by atoms with Gasteiger partial charge in [0.15, 0.2) is 0 Å². The summed E-state index contributed by atoms with van der Waals surface area (Å²) in [6.07, 6.45) is 0.566. The fraction of sp³-hybridized carbons (Fsp3) is 0.500. The zero-order chi connectivity index (χ0) is 17.9. The summed E-state index contributed by atoms with van der Waals surface area (Å²) in [5, 5.41) is 9.00. The molecule has 1 aromatic carbocycles. The van der Waals surface area contributed by atoms with E-state index in [0.717, 1.165) is 0 Å². The lowest BCUT2D eigenvalue weighted by molar-refractivity contribution is -0.142. The molecule has 24 heavy (non-hydrogen) atoms. The number of sulfonamides is 1. The van der Waals surface area contributed by atoms with E-state index in [2.05, 4.69) is 0 Å². The normalized spacial score (nSPS) is 16.8. The number of hydrogen-bond donors (Lipinski definition) is 1. The lowest BCUT2D eigenvalue weighted by Gasteiger charge is -2.29. The van der Waals surface area contributed by atoms with Crippen molar-refractivity contribution in [1.82, 2.24) is 4.31 Å². The molecule has 0 atom stereocenters. The average molecular weight is 355 g/mol. The summed E-state index contributed by atoms with van der Waals surface area (Å²) in [6.45, 7) is 3.91. The van der Waals surface area contributed by atoms with Gasteiger partial charge in [0, 0.05) is 13.1 Å². The molecule has 0 unspecified atom stereocenters. The quantitative estimate of drug-likeness (QED) is 0.806. The van der Waals surface area contributed by atoms with E-state index in [1.165, 1.54) is 16.4 Å². The zero-order valence-electron chi connectivity index (χ0n) is 13.7. The van der Waals surface area contributed by atoms with Crippen LogP contribution in [0, 0.1) is 12.8 Å². The first kappa shape index (κ1) is 18.4. The molecule has 1 N–H and O–H groups in total. The number of ether oxygens (including phenoxy) is 1. The molecule has 1 aromatic rings. The molecule has 0 saturated carbocycles. The molecule has 132 valence electrons. The van der Waals surface area contributed by atoms with Gasteiger partial charge in [-0.25, -0.2) is 13.2 Å². The first-order valence-electron chi connectivity index (χ1n) is 7.78. The number of carboxylic acid groups (broad SMARTS) is 1. The molecule has 0 radical (unpaired) electrons. The van der Waals surface area contributed by atoms with Crippen molar-refractivity contribution in [3.63, 3.8) is 0 Å². The molecular weight excluding hydrogens is 334 g/mol. The second-order valence-corrected chi connectivity index (χ2v) is 7.65. The summed E-state index contributed by atoms with van der Waals surface area (Å²) in [5.74, 6) is -1.96. The Labute approximate surface area is 141 Å². The topological polar surface area (TPSA) is 101 Å². The molecule has 1 heterocycles. The van der Waals surface area contributed by atoms with Gasteiger partial charge in [0.2, 0.25) is 10.0 Å². The average Bonchev–Trinajstić information content (AvgIpc) is 2.55. The Kier molecular flexibility index (Phi) is 5.61. The number of carbonyl (C=O) groups excluding carboxylic acids is 1. The Morgan fingerprint density at radius 3 is 2.46 bits per heavy atom. The maximum atomic E-state index is 12.7. The molecule has 0 bridgehead atoms. The summed E-state index contributed by atoms with van der Waals surface area (Å²) in [4.78, 5) is 22.9. The lowest BCUT2D eigenvalue weighted by Crippen LogP contribution is -2.40. The van der Waals surface area contributed by atoms with E-state index >= 15 is 0 Å². The van der Waals surface area contributed by atoms with Gasteiger partial charge >= 0.3 is 11.9 Å². The maximum Gasteiger partial charge on any atom is 0.338 e. The van der Waals surface area contributed by atoms with Gasteiger partial charge in [-0.05, 0) is 44.4 Å². The van der Waals surface area contributed by atoms with Crippen LogP contribution < -0.4 is 0 Å². The number of benzene rings is 1. The SMILES string of the molecule is CCOC(=O)c1cc(S(=O)(=O)N2CCC(C(=O)O)CC2)ccc1C. The number of carboxylic acids is 1. The van der Waals surface area contributed by atoms with Crippen molar-refractivity contribution < 1.29 is 27.9 Å². The number of carbonyl (C=O) groups is 2. The molecule has 0 aromatic heterocycles. The third-order valence-corrected chi connectivity index (χ3v) is 6.04. The van der Waals surface area contributed by atoms with Gasteiger partial charge in [-0.1, -0.05) is 6.07 Å². The summed E-state index contributed by atoms with van der Waals surface area (Å²) < 4.78 is 31.7. The Balaban J connectivity index is 2.25. The van der Waals surface area contributed by atoms with Gasteiger partial charge in [0.05, 0.1) is 23.0 Å². The van der Waals surface area contributed by atoms with Gasteiger partial charge < -0.3 is 9.84 Å². The molecule has 2 rings (SSSR count). The van der Waals surface area contributed by atoms with Crippen molar-refractivity contribution in [2.45, 2.75) is 31.6 Å². The van der Waals surface area contributed by atoms with E-state index in [9.17, 15) is 18.0 Å². The number of hydrogen-bond acceptors (Lipinski definition) is 5. The number of aliphatic carboxylic acids is 1. The van der Waals surface area contributed by atoms with E-state index < -0.39 is 27.9 Å². The van der Waals surface area contributed by atoms with Gasteiger partial charge in [-0.2, -0.15) is 4.31 Å². The highest BCUT2D eigenvalue weighted by Crippen LogP contribution is 2.25. The number of aryl methyl sites for hydroxylation is 1. The van der Waals surface area contributed by atoms with E-state index in [-0.39, 0.29) is 43.0 Å². The molecule has 1 saturated heterocycles. The molecule has 0 aliphatic carbocycles. The van der Waals surface area contributed by atoms with Gasteiger partial charge in [-0.3, -0.25) is 4.79 Å². The highest BCUT2D eigenvalue weighted by atomic mass is 32.2. The Morgan fingerprint density at radius 1 is 1.29 bits per heavy atom. The minimum absolute atomic E-state index is 0.0185. The second kappa shape index (κ2) is 7.31. The summed E-state index contributed by atoms with van der Waals surface area (Å²) in [5.41, 5.74) is 0.857. The first-order chi connectivity index (χ1) is 11.3. The molecule has 1 aliphatic rings. The Morgan fingerprint density at radius 2 is 1.92 bits per heavy atom. The first-order valence-corrected chi connectivity index (χ1v) is 9.22. The minimum atomic E-state index is -3.77. The van der Waals surface area contributed by atoms with E-state index in [0.29, 0.717) is 5.56 Å². The third-order valence-electron chi connectivity index (χ3n) is 4.15. The van der Waals surface area contributed by atoms with Crippen LogP contribution in [0.25, 0.3) is 0 Å². The van der Waals surface area contributed by atoms with Crippen LogP contribution in [0.3, 0.4) is 0 Å². The van der Waals surface area contributed by atoms with Crippen molar-refractivity contribution in [2.24, 2.45) is 5.92 Å². The van der Waals surface area contributed by atoms with Crippen molar-refractivity contribution in [1.29, 1.82) is 0 Å². The van der Waals surface area contributed by atoms with E-state index in [4.69, 9.17) is 9.84 Å². The van der Waals surface area contributed by atoms with Gasteiger partial charge in [0.25, 0.3) is 0 Å². The standard InChI is InChI=1S/C16H21NO6S/c1-3-23-16(20)14-10-13(5-4-11(14)2)24(21,22)17-8-6-12(7-9-17)15(18)19/h4-5,10,12H,3,6-9H2,1-2H3,(H,18,19). The monoisotopic (exact) mass is 355 g/mol. The van der Waals surface area contributed by atoms with Crippen LogP contribution >= 0.6 is 0 Å². The van der Waals surface area contributed by atoms with Crippen molar-refractivity contribution >= 4 is 22.0 Å². The van der Waals surface area contributed by atoms with Crippen LogP contribution in [0.1, 0.15) is 35.7 Å². The molecule has 0 spiro atoms. The van der Waals surface area contributed by atoms with Crippen LogP contribution in [-0.4, -0.2) is 49.5 Å². The Hall–Kier alpha value is -1.93. The second-order valence-electron chi connectivity index (χ2n) is 5.71. The molecule has 7 nitrogen and oxygen atoms in total. The fourth-order valence-corrected chi connectivity index (χ4v) is 4.18. The number of esters is 1. The third kappa shape index (κ3) is 3.76. The smallest absolute Gasteiger partial charge is 0.338 e. The largest absolute Gasteiger partial charge is 0.481 e. The van der Waals surface area contributed by atoms with E-state index in [1.807, 2.05) is 0 Å². The van der Waals surface area contributed by atoms with Crippen molar-refractivity contribution in [2.75, 3.05) is 19.7 Å². The summed E-state index contributed by atoms with van der Waals surface area (Å²) in [7, 11) is -3.77. The minimum Gasteiger partial charge on any atom is -0.481 e. The van der Waals surface area contributed by atoms with Crippen molar-refractivity contribution in [3.8, 4) is 0 Å². The fourth-order valence-electron chi connectivity index (χ4n) is 2.68. The van der Waals surface area contributed by atoms with Crippen LogP contribution in [0.4, 0.5) is 0 Å². The van der Waals surface area contributed by atoms with Crippen LogP contribution in [-0.2, 0) is 19.6 Å². The lowest BCUT2D eigenvalue weighted by atomic mass is 9.99. The van der Waals surface area contributed by atoms with Gasteiger partial charge in [0.1, 0.15) is 0 Å². The van der Waals surface area contributed by atoms with Crippen LogP contribution in [0.5, 0.6) is 0 Å². The zero-order valence-corrected chi connectivity index (χ0v) is 14.5. The van der Waals surface area contributed by atoms with Crippen LogP contribution in [0.2, 0.25) is 0 Å². The van der Waals surface area contributed by atoms with E-state index in [1.54, 1.807) is 19.9 Å². The molecular formula is C16H21NO6S. The molecule has 8 heteroatoms. The summed E-state index contributed by atoms with van der Waals surface area (Å²) in [6, 6.07) is 4.35. The Bertz CT molecular complexity index is 735. The molecule has 1 aliphatic heterocycles. The summed E-state index contributed by atoms with van der Waals surface area (Å²) >= 11 is 0. The van der Waals surface area contributed by atoms with Crippen molar-refractivity contribution in [3.05, 3.63) is 29.3 Å². The predicted molar refractivity (Wildman–Crippen MR) is 86.3 cm³/mol.